The molecule has 104 valence electrons. The van der Waals surface area contributed by atoms with Gasteiger partial charge in [0.2, 0.25) is 5.91 Å². The summed E-state index contributed by atoms with van der Waals surface area (Å²) in [6.45, 7) is 6.97. The van der Waals surface area contributed by atoms with Crippen LogP contribution in [0.5, 0.6) is 0 Å². The lowest BCUT2D eigenvalue weighted by atomic mass is 9.98. The fourth-order valence-electron chi connectivity index (χ4n) is 2.72. The standard InChI is InChI=1S/C16H24N2O/c1-3-15(11-17-16(19)4-2)18-10-9-13-7-5-6-8-14(13)12-18/h5-8,15H,3-4,9-12H2,1-2H3,(H,17,19)/t15-/m0/s1. The van der Waals surface area contributed by atoms with E-state index in [1.807, 2.05) is 6.92 Å². The van der Waals surface area contributed by atoms with Crippen molar-refractivity contribution in [3.63, 3.8) is 0 Å². The molecule has 0 radical (unpaired) electrons. The summed E-state index contributed by atoms with van der Waals surface area (Å²) in [5.41, 5.74) is 2.92. The maximum absolute atomic E-state index is 11.4. The van der Waals surface area contributed by atoms with E-state index >= 15 is 0 Å². The number of nitrogens with zero attached hydrogens (tertiary/aromatic N) is 1. The summed E-state index contributed by atoms with van der Waals surface area (Å²) in [6, 6.07) is 9.13. The van der Waals surface area contributed by atoms with Crippen LogP contribution in [-0.2, 0) is 17.8 Å². The molecule has 0 bridgehead atoms. The summed E-state index contributed by atoms with van der Waals surface area (Å²) in [5, 5.41) is 3.02. The lowest BCUT2D eigenvalue weighted by molar-refractivity contribution is -0.121. The number of amides is 1. The highest BCUT2D eigenvalue weighted by atomic mass is 16.1. The van der Waals surface area contributed by atoms with Gasteiger partial charge in [0.05, 0.1) is 0 Å². The molecule has 0 aromatic heterocycles. The largest absolute Gasteiger partial charge is 0.355 e. The van der Waals surface area contributed by atoms with Crippen LogP contribution in [0.1, 0.15) is 37.8 Å². The average molecular weight is 260 g/mol. The predicted molar refractivity (Wildman–Crippen MR) is 77.9 cm³/mol. The Morgan fingerprint density at radius 1 is 1.32 bits per heavy atom. The first-order valence-electron chi connectivity index (χ1n) is 7.32. The fourth-order valence-corrected chi connectivity index (χ4v) is 2.72. The maximum Gasteiger partial charge on any atom is 0.219 e. The van der Waals surface area contributed by atoms with Crippen molar-refractivity contribution in [2.45, 2.75) is 45.7 Å². The zero-order valence-electron chi connectivity index (χ0n) is 12.0. The Kier molecular flexibility index (Phi) is 4.97. The smallest absolute Gasteiger partial charge is 0.219 e. The molecule has 0 spiro atoms. The molecule has 2 rings (SSSR count). The number of benzene rings is 1. The van der Waals surface area contributed by atoms with Gasteiger partial charge in [-0.1, -0.05) is 38.1 Å². The van der Waals surface area contributed by atoms with E-state index in [0.717, 1.165) is 32.5 Å². The molecule has 1 atom stereocenters. The Labute approximate surface area is 116 Å². The van der Waals surface area contributed by atoms with Crippen molar-refractivity contribution in [2.75, 3.05) is 13.1 Å². The molecule has 0 unspecified atom stereocenters. The van der Waals surface area contributed by atoms with Crippen molar-refractivity contribution in [3.05, 3.63) is 35.4 Å². The summed E-state index contributed by atoms with van der Waals surface area (Å²) in [7, 11) is 0. The zero-order chi connectivity index (χ0) is 13.7. The minimum absolute atomic E-state index is 0.149. The van der Waals surface area contributed by atoms with Gasteiger partial charge in [-0.05, 0) is 24.0 Å². The Hall–Kier alpha value is -1.35. The molecule has 19 heavy (non-hydrogen) atoms. The molecule has 0 aliphatic carbocycles. The third kappa shape index (κ3) is 3.57. The molecule has 1 aliphatic heterocycles. The highest BCUT2D eigenvalue weighted by molar-refractivity contribution is 5.75. The Balaban J connectivity index is 1.96. The second-order valence-corrected chi connectivity index (χ2v) is 5.21. The van der Waals surface area contributed by atoms with Gasteiger partial charge in [0.1, 0.15) is 0 Å². The molecule has 1 N–H and O–H groups in total. The third-order valence-electron chi connectivity index (χ3n) is 4.00. The van der Waals surface area contributed by atoms with E-state index in [1.54, 1.807) is 0 Å². The van der Waals surface area contributed by atoms with Gasteiger partial charge in [-0.3, -0.25) is 9.69 Å². The van der Waals surface area contributed by atoms with Crippen LogP contribution < -0.4 is 5.32 Å². The van der Waals surface area contributed by atoms with E-state index in [4.69, 9.17) is 0 Å². The summed E-state index contributed by atoms with van der Waals surface area (Å²) in [5.74, 6) is 0.149. The summed E-state index contributed by atoms with van der Waals surface area (Å²) in [6.07, 6.45) is 2.76. The predicted octanol–water partition coefficient (Wildman–Crippen LogP) is 2.35. The first kappa shape index (κ1) is 14.1. The van der Waals surface area contributed by atoms with Gasteiger partial charge in [-0.15, -0.1) is 0 Å². The topological polar surface area (TPSA) is 32.3 Å². The summed E-state index contributed by atoms with van der Waals surface area (Å²) < 4.78 is 0. The van der Waals surface area contributed by atoms with Crippen molar-refractivity contribution in [3.8, 4) is 0 Å². The molecule has 3 heteroatoms. The quantitative estimate of drug-likeness (QED) is 0.881. The molecular formula is C16H24N2O. The van der Waals surface area contributed by atoms with Crippen LogP contribution in [0, 0.1) is 0 Å². The van der Waals surface area contributed by atoms with Crippen molar-refractivity contribution >= 4 is 5.91 Å². The van der Waals surface area contributed by atoms with Gasteiger partial charge < -0.3 is 5.32 Å². The molecular weight excluding hydrogens is 236 g/mol. The van der Waals surface area contributed by atoms with Crippen molar-refractivity contribution < 1.29 is 4.79 Å². The minimum atomic E-state index is 0.149. The molecule has 1 aromatic rings. The lowest BCUT2D eigenvalue weighted by Gasteiger charge is -2.35. The van der Waals surface area contributed by atoms with Crippen molar-refractivity contribution in [1.29, 1.82) is 0 Å². The summed E-state index contributed by atoms with van der Waals surface area (Å²) in [4.78, 5) is 13.9. The fraction of sp³-hybridized carbons (Fsp3) is 0.562. The average Bonchev–Trinajstić information content (AvgIpc) is 2.47. The Bertz CT molecular complexity index is 431. The van der Waals surface area contributed by atoms with E-state index in [9.17, 15) is 4.79 Å². The molecule has 1 amide bonds. The van der Waals surface area contributed by atoms with Crippen LogP contribution in [0.25, 0.3) is 0 Å². The normalized spacial score (nSPS) is 16.7. The van der Waals surface area contributed by atoms with Gasteiger partial charge in [0.25, 0.3) is 0 Å². The lowest BCUT2D eigenvalue weighted by Crippen LogP contribution is -2.45. The number of fused-ring (bicyclic) bond motifs is 1. The van der Waals surface area contributed by atoms with Crippen LogP contribution in [-0.4, -0.2) is 29.9 Å². The second kappa shape index (κ2) is 6.71. The molecule has 1 heterocycles. The zero-order valence-corrected chi connectivity index (χ0v) is 12.0. The Morgan fingerprint density at radius 3 is 2.74 bits per heavy atom. The molecule has 1 aliphatic rings. The van der Waals surface area contributed by atoms with Crippen LogP contribution in [0.2, 0.25) is 0 Å². The van der Waals surface area contributed by atoms with Crippen LogP contribution in [0.3, 0.4) is 0 Å². The SMILES string of the molecule is CCC(=O)NC[C@H](CC)N1CCc2ccccc2C1. The number of carbonyl (C=O) groups is 1. The van der Waals surface area contributed by atoms with Gasteiger partial charge in [0, 0.05) is 32.1 Å². The number of hydrogen-bond donors (Lipinski definition) is 1. The Morgan fingerprint density at radius 2 is 2.05 bits per heavy atom. The third-order valence-corrected chi connectivity index (χ3v) is 4.00. The second-order valence-electron chi connectivity index (χ2n) is 5.21. The van der Waals surface area contributed by atoms with Gasteiger partial charge in [-0.25, -0.2) is 0 Å². The van der Waals surface area contributed by atoms with Crippen molar-refractivity contribution in [2.24, 2.45) is 0 Å². The van der Waals surface area contributed by atoms with Crippen LogP contribution >= 0.6 is 0 Å². The molecule has 1 aromatic carbocycles. The molecule has 3 nitrogen and oxygen atoms in total. The highest BCUT2D eigenvalue weighted by Crippen LogP contribution is 2.21. The van der Waals surface area contributed by atoms with E-state index in [1.165, 1.54) is 11.1 Å². The summed E-state index contributed by atoms with van der Waals surface area (Å²) >= 11 is 0. The van der Waals surface area contributed by atoms with Crippen LogP contribution in [0.15, 0.2) is 24.3 Å². The minimum Gasteiger partial charge on any atom is -0.355 e. The highest BCUT2D eigenvalue weighted by Gasteiger charge is 2.22. The number of rotatable bonds is 5. The molecule has 0 saturated heterocycles. The first-order chi connectivity index (χ1) is 9.24. The van der Waals surface area contributed by atoms with Gasteiger partial charge >= 0.3 is 0 Å². The monoisotopic (exact) mass is 260 g/mol. The van der Waals surface area contributed by atoms with Gasteiger partial charge in [-0.2, -0.15) is 0 Å². The van der Waals surface area contributed by atoms with E-state index in [-0.39, 0.29) is 5.91 Å². The van der Waals surface area contributed by atoms with E-state index < -0.39 is 0 Å². The van der Waals surface area contributed by atoms with Gasteiger partial charge in [0.15, 0.2) is 0 Å². The molecule has 0 saturated carbocycles. The number of nitrogens with one attached hydrogen (secondary N) is 1. The van der Waals surface area contributed by atoms with Crippen molar-refractivity contribution in [1.82, 2.24) is 10.2 Å². The number of carbonyl (C=O) groups excluding carboxylic acids is 1. The molecule has 0 fully saturated rings. The van der Waals surface area contributed by atoms with E-state index in [2.05, 4.69) is 41.4 Å². The van der Waals surface area contributed by atoms with Crippen LogP contribution in [0.4, 0.5) is 0 Å². The van der Waals surface area contributed by atoms with E-state index in [0.29, 0.717) is 12.5 Å². The maximum atomic E-state index is 11.4. The number of hydrogen-bond acceptors (Lipinski definition) is 2. The first-order valence-corrected chi connectivity index (χ1v) is 7.32.